The maximum absolute atomic E-state index is 11.9. The highest BCUT2D eigenvalue weighted by atomic mass is 16.6. The van der Waals surface area contributed by atoms with E-state index in [0.29, 0.717) is 5.56 Å². The van der Waals surface area contributed by atoms with Crippen molar-refractivity contribution in [3.8, 4) is 0 Å². The summed E-state index contributed by atoms with van der Waals surface area (Å²) in [6, 6.07) is 16.9. The molecule has 0 aromatic heterocycles. The number of hydrogen-bond donors (Lipinski definition) is 1. The molecule has 6 heteroatoms. The fourth-order valence-corrected chi connectivity index (χ4v) is 2.43. The van der Waals surface area contributed by atoms with Gasteiger partial charge < -0.3 is 14.9 Å². The van der Waals surface area contributed by atoms with Gasteiger partial charge in [-0.1, -0.05) is 47.6 Å². The Labute approximate surface area is 159 Å². The highest BCUT2D eigenvalue weighted by Gasteiger charge is 2.08. The van der Waals surface area contributed by atoms with Crippen LogP contribution >= 0.6 is 0 Å². The second kappa shape index (κ2) is 10.8. The zero-order chi connectivity index (χ0) is 19.5. The van der Waals surface area contributed by atoms with Crippen molar-refractivity contribution in [1.82, 2.24) is 5.32 Å². The Hall–Kier alpha value is -3.15. The van der Waals surface area contributed by atoms with Gasteiger partial charge in [-0.25, -0.2) is 4.79 Å². The normalized spacial score (nSPS) is 11.8. The van der Waals surface area contributed by atoms with Crippen molar-refractivity contribution in [3.63, 3.8) is 0 Å². The van der Waals surface area contributed by atoms with Crippen molar-refractivity contribution >= 4 is 18.1 Å². The van der Waals surface area contributed by atoms with Crippen LogP contribution in [0.2, 0.25) is 0 Å². The maximum Gasteiger partial charge on any atom is 0.337 e. The molecule has 2 aromatic carbocycles. The molecule has 1 N–H and O–H groups in total. The number of benzene rings is 2. The first kappa shape index (κ1) is 20.2. The molecular formula is C21H24N2O4. The summed E-state index contributed by atoms with van der Waals surface area (Å²) in [4.78, 5) is 28.2. The van der Waals surface area contributed by atoms with Gasteiger partial charge in [0.1, 0.15) is 0 Å². The van der Waals surface area contributed by atoms with Gasteiger partial charge in [0.05, 0.1) is 18.9 Å². The van der Waals surface area contributed by atoms with E-state index < -0.39 is 5.97 Å². The lowest BCUT2D eigenvalue weighted by atomic mass is 10.1. The summed E-state index contributed by atoms with van der Waals surface area (Å²) in [5.41, 5.74) is 2.45. The largest absolute Gasteiger partial charge is 0.465 e. The molecule has 0 aliphatic heterocycles. The zero-order valence-corrected chi connectivity index (χ0v) is 15.6. The maximum atomic E-state index is 11.9. The van der Waals surface area contributed by atoms with Gasteiger partial charge in [0, 0.05) is 6.04 Å². The predicted octanol–water partition coefficient (Wildman–Crippen LogP) is 2.96. The van der Waals surface area contributed by atoms with Crippen LogP contribution in [0.3, 0.4) is 0 Å². The Balaban J connectivity index is 1.67. The van der Waals surface area contributed by atoms with E-state index in [1.54, 1.807) is 24.3 Å². The van der Waals surface area contributed by atoms with Crippen molar-refractivity contribution in [2.24, 2.45) is 5.16 Å². The number of carbonyl (C=O) groups is 2. The molecule has 0 saturated heterocycles. The first-order valence-electron chi connectivity index (χ1n) is 8.75. The van der Waals surface area contributed by atoms with Crippen LogP contribution < -0.4 is 5.32 Å². The monoisotopic (exact) mass is 368 g/mol. The Morgan fingerprint density at radius 1 is 1.11 bits per heavy atom. The van der Waals surface area contributed by atoms with Crippen LogP contribution in [0.15, 0.2) is 59.8 Å². The smallest absolute Gasteiger partial charge is 0.337 e. The first-order valence-corrected chi connectivity index (χ1v) is 8.75. The number of carbonyl (C=O) groups excluding carboxylic acids is 2. The lowest BCUT2D eigenvalue weighted by Crippen LogP contribution is -2.35. The molecule has 2 rings (SSSR count). The number of rotatable bonds is 9. The summed E-state index contributed by atoms with van der Waals surface area (Å²) in [6.45, 7) is 1.82. The predicted molar refractivity (Wildman–Crippen MR) is 104 cm³/mol. The fourth-order valence-electron chi connectivity index (χ4n) is 2.43. The molecule has 0 heterocycles. The average Bonchev–Trinajstić information content (AvgIpc) is 2.70. The van der Waals surface area contributed by atoms with Crippen LogP contribution in [0, 0.1) is 0 Å². The van der Waals surface area contributed by atoms with Gasteiger partial charge in [-0.3, -0.25) is 4.79 Å². The minimum Gasteiger partial charge on any atom is -0.465 e. The van der Waals surface area contributed by atoms with Gasteiger partial charge in [-0.05, 0) is 43.0 Å². The molecule has 0 aliphatic rings. The van der Waals surface area contributed by atoms with Crippen molar-refractivity contribution in [1.29, 1.82) is 0 Å². The molecule has 27 heavy (non-hydrogen) atoms. The standard InChI is InChI=1S/C21H24N2O4/c1-16(8-9-17-6-4-3-5-7-17)23-20(24)15-27-22-14-18-10-12-19(13-11-18)21(25)26-2/h3-7,10-14,16H,8-9,15H2,1-2H3,(H,23,24)/b22-14-/t16-/m1/s1. The third kappa shape index (κ3) is 7.32. The number of oxime groups is 1. The number of esters is 1. The summed E-state index contributed by atoms with van der Waals surface area (Å²) < 4.78 is 4.63. The fraction of sp³-hybridized carbons (Fsp3) is 0.286. The minimum absolute atomic E-state index is 0.0520. The molecule has 6 nitrogen and oxygen atoms in total. The number of methoxy groups -OCH3 is 1. The van der Waals surface area contributed by atoms with Crippen LogP contribution in [0.25, 0.3) is 0 Å². The van der Waals surface area contributed by atoms with Crippen molar-refractivity contribution < 1.29 is 19.2 Å². The van der Waals surface area contributed by atoms with E-state index in [2.05, 4.69) is 27.3 Å². The molecule has 0 spiro atoms. The number of nitrogens with one attached hydrogen (secondary N) is 1. The average molecular weight is 368 g/mol. The van der Waals surface area contributed by atoms with E-state index in [4.69, 9.17) is 4.84 Å². The van der Waals surface area contributed by atoms with E-state index in [0.717, 1.165) is 18.4 Å². The SMILES string of the molecule is COC(=O)c1ccc(/C=N\OCC(=O)N[C@H](C)CCc2ccccc2)cc1. The van der Waals surface area contributed by atoms with Gasteiger partial charge in [0.2, 0.25) is 0 Å². The molecular weight excluding hydrogens is 344 g/mol. The molecule has 1 atom stereocenters. The van der Waals surface area contributed by atoms with E-state index in [9.17, 15) is 9.59 Å². The van der Waals surface area contributed by atoms with Crippen LogP contribution in [-0.4, -0.2) is 37.8 Å². The van der Waals surface area contributed by atoms with Gasteiger partial charge >= 0.3 is 5.97 Å². The second-order valence-electron chi connectivity index (χ2n) is 6.11. The second-order valence-corrected chi connectivity index (χ2v) is 6.11. The van der Waals surface area contributed by atoms with E-state index >= 15 is 0 Å². The van der Waals surface area contributed by atoms with Crippen LogP contribution in [0.1, 0.15) is 34.8 Å². The summed E-state index contributed by atoms with van der Waals surface area (Å²) in [5, 5.41) is 6.66. The summed E-state index contributed by atoms with van der Waals surface area (Å²) in [5.74, 6) is -0.610. The molecule has 0 fully saturated rings. The van der Waals surface area contributed by atoms with E-state index in [1.165, 1.54) is 18.9 Å². The van der Waals surface area contributed by atoms with Crippen molar-refractivity contribution in [3.05, 3.63) is 71.3 Å². The number of hydrogen-bond acceptors (Lipinski definition) is 5. The summed E-state index contributed by atoms with van der Waals surface area (Å²) >= 11 is 0. The Morgan fingerprint density at radius 2 is 1.81 bits per heavy atom. The minimum atomic E-state index is -0.396. The molecule has 0 bridgehead atoms. The lowest BCUT2D eigenvalue weighted by molar-refractivity contribution is -0.126. The number of ether oxygens (including phenoxy) is 1. The lowest BCUT2D eigenvalue weighted by Gasteiger charge is -2.13. The van der Waals surface area contributed by atoms with Gasteiger partial charge in [0.15, 0.2) is 6.61 Å². The number of nitrogens with zero attached hydrogens (tertiary/aromatic N) is 1. The molecule has 0 radical (unpaired) electrons. The third-order valence-electron chi connectivity index (χ3n) is 3.92. The molecule has 0 unspecified atom stereocenters. The molecule has 0 saturated carbocycles. The molecule has 1 amide bonds. The summed E-state index contributed by atoms with van der Waals surface area (Å²) in [6.07, 6.45) is 3.24. The molecule has 0 aliphatic carbocycles. The Bertz CT molecular complexity index is 758. The first-order chi connectivity index (χ1) is 13.1. The van der Waals surface area contributed by atoms with Crippen molar-refractivity contribution in [2.45, 2.75) is 25.8 Å². The third-order valence-corrected chi connectivity index (χ3v) is 3.92. The number of amides is 1. The quantitative estimate of drug-likeness (QED) is 0.419. The highest BCUT2D eigenvalue weighted by molar-refractivity contribution is 5.90. The number of aryl methyl sites for hydroxylation is 1. The topological polar surface area (TPSA) is 77.0 Å². The summed E-state index contributed by atoms with van der Waals surface area (Å²) in [7, 11) is 1.33. The van der Waals surface area contributed by atoms with Crippen molar-refractivity contribution in [2.75, 3.05) is 13.7 Å². The van der Waals surface area contributed by atoms with Crippen LogP contribution in [-0.2, 0) is 20.8 Å². The Morgan fingerprint density at radius 3 is 2.48 bits per heavy atom. The molecule has 2 aromatic rings. The van der Waals surface area contributed by atoms with Gasteiger partial charge in [0.25, 0.3) is 5.91 Å². The van der Waals surface area contributed by atoms with E-state index in [-0.39, 0.29) is 18.6 Å². The highest BCUT2D eigenvalue weighted by Crippen LogP contribution is 2.05. The van der Waals surface area contributed by atoms with Gasteiger partial charge in [-0.15, -0.1) is 0 Å². The van der Waals surface area contributed by atoms with E-state index in [1.807, 2.05) is 25.1 Å². The van der Waals surface area contributed by atoms with Crippen LogP contribution in [0.5, 0.6) is 0 Å². The zero-order valence-electron chi connectivity index (χ0n) is 15.6. The van der Waals surface area contributed by atoms with Crippen LogP contribution in [0.4, 0.5) is 0 Å². The Kier molecular flexibility index (Phi) is 8.03. The molecule has 142 valence electrons. The van der Waals surface area contributed by atoms with Gasteiger partial charge in [-0.2, -0.15) is 0 Å².